The Hall–Kier alpha value is -1.75. The van der Waals surface area contributed by atoms with Gasteiger partial charge in [0.2, 0.25) is 0 Å². The van der Waals surface area contributed by atoms with E-state index >= 15 is 0 Å². The number of nitrogens with two attached hydrogens (primary N) is 1. The van der Waals surface area contributed by atoms with Gasteiger partial charge in [-0.3, -0.25) is 0 Å². The van der Waals surface area contributed by atoms with Crippen LogP contribution in [0.4, 0.5) is 21.5 Å². The minimum Gasteiger partial charge on any atom is -0.490 e. The molecule has 0 aliphatic heterocycles. The normalized spacial score (nSPS) is 10.5. The average Bonchev–Trinajstić information content (AvgIpc) is 2.45. The smallest absolute Gasteiger partial charge is 0.167 e. The van der Waals surface area contributed by atoms with E-state index in [1.54, 1.807) is 6.07 Å². The number of nitrogen functional groups attached to an aromatic ring is 1. The van der Waals surface area contributed by atoms with E-state index in [0.29, 0.717) is 18.0 Å². The first kappa shape index (κ1) is 15.6. The summed E-state index contributed by atoms with van der Waals surface area (Å²) >= 11 is 3.53. The van der Waals surface area contributed by atoms with E-state index in [1.807, 2.05) is 32.0 Å². The van der Waals surface area contributed by atoms with Gasteiger partial charge in [0.1, 0.15) is 0 Å². The van der Waals surface area contributed by atoms with Gasteiger partial charge in [-0.1, -0.05) is 19.1 Å². The van der Waals surface area contributed by atoms with Crippen molar-refractivity contribution in [2.75, 3.05) is 17.7 Å². The number of ether oxygens (including phenoxy) is 1. The molecule has 2 rings (SSSR count). The predicted molar refractivity (Wildman–Crippen MR) is 88.8 cm³/mol. The zero-order chi connectivity index (χ0) is 15.4. The lowest BCUT2D eigenvalue weighted by Crippen LogP contribution is -2.02. The van der Waals surface area contributed by atoms with Crippen molar-refractivity contribution in [3.8, 4) is 5.75 Å². The number of aryl methyl sites for hydroxylation is 1. The fraction of sp³-hybridized carbons (Fsp3) is 0.250. The first-order valence-corrected chi connectivity index (χ1v) is 7.56. The number of hydrogen-bond acceptors (Lipinski definition) is 3. The summed E-state index contributed by atoms with van der Waals surface area (Å²) in [5.74, 6) is -0.243. The van der Waals surface area contributed by atoms with E-state index in [0.717, 1.165) is 22.1 Å². The molecule has 2 aromatic carbocycles. The van der Waals surface area contributed by atoms with E-state index in [1.165, 1.54) is 6.07 Å². The number of anilines is 3. The van der Waals surface area contributed by atoms with Gasteiger partial charge in [-0.2, -0.15) is 0 Å². The molecule has 0 radical (unpaired) electrons. The van der Waals surface area contributed by atoms with Crippen molar-refractivity contribution in [1.29, 1.82) is 0 Å². The van der Waals surface area contributed by atoms with Gasteiger partial charge in [-0.05, 0) is 40.9 Å². The Morgan fingerprint density at radius 2 is 2.05 bits per heavy atom. The van der Waals surface area contributed by atoms with E-state index in [4.69, 9.17) is 10.5 Å². The van der Waals surface area contributed by atoms with E-state index < -0.39 is 5.82 Å². The Bertz CT molecular complexity index is 646. The van der Waals surface area contributed by atoms with Crippen LogP contribution in [-0.2, 0) is 0 Å². The van der Waals surface area contributed by atoms with Gasteiger partial charge >= 0.3 is 0 Å². The molecular formula is C16H18BrFN2O. The van der Waals surface area contributed by atoms with Crippen molar-refractivity contribution in [2.45, 2.75) is 20.3 Å². The second-order valence-electron chi connectivity index (χ2n) is 4.78. The SMILES string of the molecule is CCCOc1cc(Nc2cccc(C)c2Br)c(N)cc1F. The Morgan fingerprint density at radius 1 is 1.29 bits per heavy atom. The fourth-order valence-electron chi connectivity index (χ4n) is 1.89. The Balaban J connectivity index is 2.33. The highest BCUT2D eigenvalue weighted by molar-refractivity contribution is 9.10. The fourth-order valence-corrected chi connectivity index (χ4v) is 2.25. The third kappa shape index (κ3) is 3.67. The molecule has 0 heterocycles. The van der Waals surface area contributed by atoms with Crippen LogP contribution in [0.25, 0.3) is 0 Å². The van der Waals surface area contributed by atoms with Gasteiger partial charge in [0.15, 0.2) is 11.6 Å². The van der Waals surface area contributed by atoms with Crippen molar-refractivity contribution in [3.05, 3.63) is 46.2 Å². The van der Waals surface area contributed by atoms with Gasteiger partial charge in [-0.25, -0.2) is 4.39 Å². The van der Waals surface area contributed by atoms with Crippen molar-refractivity contribution >= 4 is 33.0 Å². The zero-order valence-corrected chi connectivity index (χ0v) is 13.6. The van der Waals surface area contributed by atoms with Crippen molar-refractivity contribution in [2.24, 2.45) is 0 Å². The van der Waals surface area contributed by atoms with E-state index in [2.05, 4.69) is 21.2 Å². The van der Waals surface area contributed by atoms with Crippen molar-refractivity contribution in [1.82, 2.24) is 0 Å². The minimum absolute atomic E-state index is 0.206. The van der Waals surface area contributed by atoms with Gasteiger partial charge in [0, 0.05) is 16.6 Å². The third-order valence-corrected chi connectivity index (χ3v) is 4.08. The van der Waals surface area contributed by atoms with Crippen LogP contribution in [0.3, 0.4) is 0 Å². The second-order valence-corrected chi connectivity index (χ2v) is 5.57. The van der Waals surface area contributed by atoms with Gasteiger partial charge in [-0.15, -0.1) is 0 Å². The molecule has 112 valence electrons. The van der Waals surface area contributed by atoms with Crippen LogP contribution < -0.4 is 15.8 Å². The first-order chi connectivity index (χ1) is 10.0. The predicted octanol–water partition coefficient (Wildman–Crippen LogP) is 5.01. The molecule has 0 aromatic heterocycles. The summed E-state index contributed by atoms with van der Waals surface area (Å²) in [5.41, 5.74) is 8.81. The summed E-state index contributed by atoms with van der Waals surface area (Å²) < 4.78 is 20.1. The molecule has 0 spiro atoms. The van der Waals surface area contributed by atoms with Crippen LogP contribution in [0, 0.1) is 12.7 Å². The number of rotatable bonds is 5. The van der Waals surface area contributed by atoms with Crippen LogP contribution in [0.1, 0.15) is 18.9 Å². The number of nitrogens with one attached hydrogen (secondary N) is 1. The number of halogens is 2. The molecule has 0 bridgehead atoms. The monoisotopic (exact) mass is 352 g/mol. The molecule has 0 fully saturated rings. The molecule has 3 N–H and O–H groups in total. The van der Waals surface area contributed by atoms with Crippen LogP contribution in [0.15, 0.2) is 34.8 Å². The van der Waals surface area contributed by atoms with Crippen LogP contribution >= 0.6 is 15.9 Å². The summed E-state index contributed by atoms with van der Waals surface area (Å²) in [7, 11) is 0. The van der Waals surface area contributed by atoms with Crippen molar-refractivity contribution in [3.63, 3.8) is 0 Å². The molecule has 21 heavy (non-hydrogen) atoms. The molecular weight excluding hydrogens is 335 g/mol. The number of benzene rings is 2. The van der Waals surface area contributed by atoms with Gasteiger partial charge < -0.3 is 15.8 Å². The molecule has 2 aromatic rings. The molecule has 0 aliphatic carbocycles. The molecule has 3 nitrogen and oxygen atoms in total. The topological polar surface area (TPSA) is 47.3 Å². The lowest BCUT2D eigenvalue weighted by atomic mass is 10.2. The number of hydrogen-bond donors (Lipinski definition) is 2. The maximum Gasteiger partial charge on any atom is 0.167 e. The molecule has 0 saturated carbocycles. The lowest BCUT2D eigenvalue weighted by Gasteiger charge is -2.14. The summed E-state index contributed by atoms with van der Waals surface area (Å²) in [4.78, 5) is 0. The largest absolute Gasteiger partial charge is 0.490 e. The Labute approximate surface area is 132 Å². The van der Waals surface area contributed by atoms with Gasteiger partial charge in [0.25, 0.3) is 0 Å². The minimum atomic E-state index is -0.449. The summed E-state index contributed by atoms with van der Waals surface area (Å²) in [6.45, 7) is 4.44. The van der Waals surface area contributed by atoms with Crippen LogP contribution in [0.2, 0.25) is 0 Å². The lowest BCUT2D eigenvalue weighted by molar-refractivity contribution is 0.301. The molecule has 0 aliphatic rings. The van der Waals surface area contributed by atoms with E-state index in [-0.39, 0.29) is 5.75 Å². The average molecular weight is 353 g/mol. The molecule has 0 atom stereocenters. The third-order valence-electron chi connectivity index (χ3n) is 3.03. The maximum atomic E-state index is 13.8. The van der Waals surface area contributed by atoms with Gasteiger partial charge in [0.05, 0.1) is 23.7 Å². The zero-order valence-electron chi connectivity index (χ0n) is 12.0. The Morgan fingerprint density at radius 3 is 2.76 bits per heavy atom. The summed E-state index contributed by atoms with van der Waals surface area (Å²) in [5, 5.41) is 3.21. The molecule has 0 unspecified atom stereocenters. The molecule has 5 heteroatoms. The quantitative estimate of drug-likeness (QED) is 0.743. The van der Waals surface area contributed by atoms with E-state index in [9.17, 15) is 4.39 Å². The maximum absolute atomic E-state index is 13.8. The molecule has 0 saturated heterocycles. The van der Waals surface area contributed by atoms with Crippen molar-refractivity contribution < 1.29 is 9.13 Å². The highest BCUT2D eigenvalue weighted by Gasteiger charge is 2.11. The molecule has 0 amide bonds. The highest BCUT2D eigenvalue weighted by Crippen LogP contribution is 2.34. The standard InChI is InChI=1S/C16H18BrFN2O/c1-3-7-21-15-9-14(12(19)8-11(15)18)20-13-6-4-5-10(2)16(13)17/h4-6,8-9,20H,3,7,19H2,1-2H3. The first-order valence-electron chi connectivity index (χ1n) is 6.77. The van der Waals surface area contributed by atoms with Crippen LogP contribution in [0.5, 0.6) is 5.75 Å². The second kappa shape index (κ2) is 6.80. The van der Waals surface area contributed by atoms with Crippen LogP contribution in [-0.4, -0.2) is 6.61 Å². The summed E-state index contributed by atoms with van der Waals surface area (Å²) in [6.07, 6.45) is 0.815. The summed E-state index contributed by atoms with van der Waals surface area (Å²) in [6, 6.07) is 8.73. The Kier molecular flexibility index (Phi) is 5.07. The highest BCUT2D eigenvalue weighted by atomic mass is 79.9.